The van der Waals surface area contributed by atoms with Crippen molar-refractivity contribution in [3.05, 3.63) is 48.6 Å². The van der Waals surface area contributed by atoms with Crippen molar-refractivity contribution in [1.82, 2.24) is 5.32 Å². The molecule has 0 aromatic carbocycles. The Balaban J connectivity index is 2.62. The van der Waals surface area contributed by atoms with Crippen LogP contribution < -0.4 is 5.32 Å². The molecule has 1 fully saturated rings. The highest BCUT2D eigenvalue weighted by atomic mass is 16.7. The van der Waals surface area contributed by atoms with Crippen molar-refractivity contribution >= 4 is 11.9 Å². The molecule has 0 saturated carbocycles. The molecule has 11 heteroatoms. The van der Waals surface area contributed by atoms with E-state index in [-0.39, 0.29) is 13.0 Å². The maximum absolute atomic E-state index is 13.5. The van der Waals surface area contributed by atoms with Gasteiger partial charge in [-0.05, 0) is 83.5 Å². The molecule has 1 saturated heterocycles. The lowest BCUT2D eigenvalue weighted by Crippen LogP contribution is -2.61. The van der Waals surface area contributed by atoms with Crippen LogP contribution in [0.5, 0.6) is 0 Å². The first kappa shape index (κ1) is 75.6. The molecule has 468 valence electrons. The van der Waals surface area contributed by atoms with Crippen molar-refractivity contribution in [1.29, 1.82) is 0 Å². The van der Waals surface area contributed by atoms with Crippen LogP contribution in [-0.4, -0.2) is 99.6 Å². The second-order valence-electron chi connectivity index (χ2n) is 23.6. The Bertz CT molecular complexity index is 1490. The van der Waals surface area contributed by atoms with E-state index in [2.05, 4.69) is 62.5 Å². The maximum atomic E-state index is 13.5. The number of aliphatic hydroxyl groups excluding tert-OH is 5. The van der Waals surface area contributed by atoms with Crippen molar-refractivity contribution < 1.29 is 49.3 Å². The molecule has 0 bridgehead atoms. The molecule has 1 rings (SSSR count). The Morgan fingerprint density at radius 3 is 1.31 bits per heavy atom. The number of hydrogen-bond acceptors (Lipinski definition) is 10. The topological polar surface area (TPSA) is 175 Å². The molecule has 8 atom stereocenters. The van der Waals surface area contributed by atoms with E-state index in [1.54, 1.807) is 6.08 Å². The summed E-state index contributed by atoms with van der Waals surface area (Å²) in [7, 11) is 0. The van der Waals surface area contributed by atoms with Gasteiger partial charge in [-0.25, -0.2) is 0 Å². The van der Waals surface area contributed by atoms with E-state index >= 15 is 0 Å². The van der Waals surface area contributed by atoms with E-state index in [1.165, 1.54) is 199 Å². The molecule has 8 unspecified atom stereocenters. The first-order chi connectivity index (χ1) is 39.2. The fourth-order valence-corrected chi connectivity index (χ4v) is 10.6. The average Bonchev–Trinajstić information content (AvgIpc) is 3.48. The molecule has 0 aliphatic carbocycles. The van der Waals surface area contributed by atoms with Gasteiger partial charge in [0, 0.05) is 6.42 Å². The van der Waals surface area contributed by atoms with E-state index in [9.17, 15) is 35.1 Å². The summed E-state index contributed by atoms with van der Waals surface area (Å²) in [5, 5.41) is 57.1. The normalized spacial score (nSPS) is 19.0. The van der Waals surface area contributed by atoms with Gasteiger partial charge in [-0.1, -0.05) is 275 Å². The quantitative estimate of drug-likeness (QED) is 0.0195. The third kappa shape index (κ3) is 44.2. The van der Waals surface area contributed by atoms with Gasteiger partial charge in [-0.15, -0.1) is 0 Å². The van der Waals surface area contributed by atoms with E-state index in [1.807, 2.05) is 6.08 Å². The number of amides is 1. The Hall–Kier alpha value is -2.38. The second-order valence-corrected chi connectivity index (χ2v) is 23.6. The highest BCUT2D eigenvalue weighted by Gasteiger charge is 2.47. The number of esters is 1. The monoisotopic (exact) mass is 1130 g/mol. The average molecular weight is 1130 g/mol. The van der Waals surface area contributed by atoms with Gasteiger partial charge in [0.15, 0.2) is 12.4 Å². The van der Waals surface area contributed by atoms with E-state index in [4.69, 9.17) is 14.2 Å². The minimum atomic E-state index is -1.62. The number of unbranched alkanes of at least 4 members (excludes halogenated alkanes) is 38. The summed E-state index contributed by atoms with van der Waals surface area (Å²) < 4.78 is 17.7. The first-order valence-corrected chi connectivity index (χ1v) is 33.9. The van der Waals surface area contributed by atoms with E-state index < -0.39 is 67.4 Å². The smallest absolute Gasteiger partial charge is 0.306 e. The molecule has 0 radical (unpaired) electrons. The van der Waals surface area contributed by atoms with E-state index in [0.29, 0.717) is 19.3 Å². The minimum Gasteiger partial charge on any atom is -0.454 e. The number of carbonyl (C=O) groups is 2. The van der Waals surface area contributed by atoms with Gasteiger partial charge in [0.1, 0.15) is 24.4 Å². The predicted octanol–water partition coefficient (Wildman–Crippen LogP) is 16.8. The van der Waals surface area contributed by atoms with Crippen LogP contribution in [-0.2, 0) is 23.8 Å². The molecule has 0 aromatic rings. The lowest BCUT2D eigenvalue weighted by Gasteiger charge is -2.41. The minimum absolute atomic E-state index is 0.120. The molecule has 1 aliphatic rings. The maximum Gasteiger partial charge on any atom is 0.306 e. The van der Waals surface area contributed by atoms with Crippen molar-refractivity contribution in [3.8, 4) is 0 Å². The molecule has 1 aliphatic heterocycles. The van der Waals surface area contributed by atoms with Gasteiger partial charge in [-0.3, -0.25) is 9.59 Å². The van der Waals surface area contributed by atoms with Crippen LogP contribution in [0, 0.1) is 0 Å². The zero-order chi connectivity index (χ0) is 58.2. The van der Waals surface area contributed by atoms with Crippen molar-refractivity contribution in [2.24, 2.45) is 0 Å². The summed E-state index contributed by atoms with van der Waals surface area (Å²) in [6.45, 7) is 5.79. The molecule has 1 amide bonds. The zero-order valence-corrected chi connectivity index (χ0v) is 52.0. The second kappa shape index (κ2) is 57.1. The summed E-state index contributed by atoms with van der Waals surface area (Å²) in [5.41, 5.74) is 0. The van der Waals surface area contributed by atoms with Crippen LogP contribution >= 0.6 is 0 Å². The highest BCUT2D eigenvalue weighted by molar-refractivity contribution is 5.80. The summed E-state index contributed by atoms with van der Waals surface area (Å²) in [4.78, 5) is 26.6. The van der Waals surface area contributed by atoms with Gasteiger partial charge in [0.25, 0.3) is 0 Å². The van der Waals surface area contributed by atoms with Crippen LogP contribution in [0.15, 0.2) is 48.6 Å². The molecule has 0 spiro atoms. The summed E-state index contributed by atoms with van der Waals surface area (Å²) in [6, 6.07) is -1.02. The number of hydrogen-bond donors (Lipinski definition) is 6. The first-order valence-electron chi connectivity index (χ1n) is 33.9. The molecule has 11 nitrogen and oxygen atoms in total. The fourth-order valence-electron chi connectivity index (χ4n) is 10.6. The molecular formula is C69H127NO10. The van der Waals surface area contributed by atoms with Gasteiger partial charge in [0.05, 0.1) is 25.4 Å². The third-order valence-electron chi connectivity index (χ3n) is 16.0. The SMILES string of the molecule is CCCCC/C=C\C/C=C\CCCCCCCCCCCC(=O)OC1C(OCC(NC(=O)C(O)CCCCCCCCCCCC/C=C/CCCCCCCC)C(O)/C=C/CCCCCCCCCCCC)OC(CO)C(O)C1O. The summed E-state index contributed by atoms with van der Waals surface area (Å²) in [6.07, 6.45) is 60.0. The number of nitrogens with one attached hydrogen (secondary N) is 1. The Kier molecular flexibility index (Phi) is 54.0. The van der Waals surface area contributed by atoms with E-state index in [0.717, 1.165) is 70.6 Å². The molecule has 80 heavy (non-hydrogen) atoms. The highest BCUT2D eigenvalue weighted by Crippen LogP contribution is 2.26. The van der Waals surface area contributed by atoms with Crippen LogP contribution in [0.4, 0.5) is 0 Å². The van der Waals surface area contributed by atoms with Crippen LogP contribution in [0.1, 0.15) is 316 Å². The van der Waals surface area contributed by atoms with Crippen molar-refractivity contribution in [2.75, 3.05) is 13.2 Å². The molecule has 1 heterocycles. The van der Waals surface area contributed by atoms with Gasteiger partial charge in [-0.2, -0.15) is 0 Å². The standard InChI is InChI=1S/C69H127NO10/c1-4-7-10-13-16-19-22-25-27-29-31-33-34-36-38-41-44-47-50-53-56-62(73)68(77)70-60(61(72)55-52-49-46-43-40-24-21-18-15-12-9-6-3)59-78-69-67(66(76)65(75)63(58-71)79-69)80-64(74)57-54-51-48-45-42-39-37-35-32-30-28-26-23-20-17-14-11-8-5-2/h17,20,25-28,52,55,60-63,65-67,69,71-73,75-76H,4-16,18-19,21-24,29-51,53-54,56-59H2,1-3H3,(H,70,77)/b20-17-,27-25+,28-26-,55-52+. The number of aliphatic hydroxyl groups is 5. The Labute approximate surface area is 491 Å². The molecule has 6 N–H and O–H groups in total. The third-order valence-corrected chi connectivity index (χ3v) is 16.0. The van der Waals surface area contributed by atoms with Crippen molar-refractivity contribution in [3.63, 3.8) is 0 Å². The van der Waals surface area contributed by atoms with Gasteiger partial charge in [0.2, 0.25) is 5.91 Å². The number of rotatable bonds is 58. The van der Waals surface area contributed by atoms with Crippen LogP contribution in [0.25, 0.3) is 0 Å². The fraction of sp³-hybridized carbons (Fsp3) is 0.855. The van der Waals surface area contributed by atoms with Crippen LogP contribution in [0.3, 0.4) is 0 Å². The van der Waals surface area contributed by atoms with Gasteiger partial charge < -0.3 is 45.1 Å². The van der Waals surface area contributed by atoms with Gasteiger partial charge >= 0.3 is 5.97 Å². The number of allylic oxidation sites excluding steroid dienone is 7. The number of ether oxygens (including phenoxy) is 3. The predicted molar refractivity (Wildman–Crippen MR) is 334 cm³/mol. The largest absolute Gasteiger partial charge is 0.454 e. The Morgan fingerprint density at radius 2 is 0.863 bits per heavy atom. The molecule has 0 aromatic heterocycles. The summed E-state index contributed by atoms with van der Waals surface area (Å²) in [5.74, 6) is -1.19. The Morgan fingerprint density at radius 1 is 0.487 bits per heavy atom. The van der Waals surface area contributed by atoms with Crippen LogP contribution in [0.2, 0.25) is 0 Å². The lowest BCUT2D eigenvalue weighted by molar-refractivity contribution is -0.305. The lowest BCUT2D eigenvalue weighted by atomic mass is 9.99. The zero-order valence-electron chi connectivity index (χ0n) is 52.0. The van der Waals surface area contributed by atoms with Crippen molar-refractivity contribution in [2.45, 2.75) is 365 Å². The number of carbonyl (C=O) groups excluding carboxylic acids is 2. The summed E-state index contributed by atoms with van der Waals surface area (Å²) >= 11 is 0. The molecular weight excluding hydrogens is 1000 g/mol.